The summed E-state index contributed by atoms with van der Waals surface area (Å²) >= 11 is 0. The van der Waals surface area contributed by atoms with Gasteiger partial charge >= 0.3 is 5.97 Å². The Morgan fingerprint density at radius 1 is 0.960 bits per heavy atom. The van der Waals surface area contributed by atoms with Gasteiger partial charge in [-0.15, -0.1) is 0 Å². The predicted molar refractivity (Wildman–Crippen MR) is 91.4 cm³/mol. The van der Waals surface area contributed by atoms with Crippen LogP contribution in [0, 0.1) is 0 Å². The number of ether oxygens (including phenoxy) is 5. The van der Waals surface area contributed by atoms with Gasteiger partial charge in [-0.1, -0.05) is 18.2 Å². The van der Waals surface area contributed by atoms with E-state index < -0.39 is 0 Å². The summed E-state index contributed by atoms with van der Waals surface area (Å²) in [6, 6.07) is 12.6. The summed E-state index contributed by atoms with van der Waals surface area (Å²) in [5.41, 5.74) is 1.98. The molecule has 2 aromatic carbocycles. The summed E-state index contributed by atoms with van der Waals surface area (Å²) < 4.78 is 26.1. The molecule has 0 amide bonds. The van der Waals surface area contributed by atoms with Crippen LogP contribution in [0.15, 0.2) is 42.5 Å². The molecule has 0 aromatic heterocycles. The molecule has 2 aromatic rings. The molecule has 0 spiro atoms. The Labute approximate surface area is 145 Å². The van der Waals surface area contributed by atoms with Crippen molar-refractivity contribution in [3.05, 3.63) is 53.6 Å². The van der Waals surface area contributed by atoms with Gasteiger partial charge in [-0.3, -0.25) is 0 Å². The summed E-state index contributed by atoms with van der Waals surface area (Å²) in [4.78, 5) is 12.2. The van der Waals surface area contributed by atoms with Crippen molar-refractivity contribution >= 4 is 17.6 Å². The zero-order valence-corrected chi connectivity index (χ0v) is 14.0. The number of carbonyl (C=O) groups is 1. The molecule has 0 aliphatic carbocycles. The van der Waals surface area contributed by atoms with E-state index in [1.807, 2.05) is 18.2 Å². The fourth-order valence-electron chi connectivity index (χ4n) is 2.44. The Bertz CT molecular complexity index is 770. The molecule has 0 atom stereocenters. The van der Waals surface area contributed by atoms with Gasteiger partial charge in [-0.25, -0.2) is 4.79 Å². The van der Waals surface area contributed by atoms with Gasteiger partial charge in [-0.2, -0.15) is 0 Å². The highest BCUT2D eigenvalue weighted by Gasteiger charge is 2.26. The molecule has 0 fully saturated rings. The van der Waals surface area contributed by atoms with Crippen molar-refractivity contribution in [2.75, 3.05) is 27.8 Å². The first-order chi connectivity index (χ1) is 12.2. The molecule has 0 bridgehead atoms. The van der Waals surface area contributed by atoms with Gasteiger partial charge in [0.2, 0.25) is 0 Å². The molecule has 0 radical (unpaired) electrons. The number of fused-ring (bicyclic) bond motifs is 1. The SMILES string of the molecule is COCOc1cc(/C=C2\C(=O)Oc3ccccc32)cc(OCOC)c1. The zero-order chi connectivity index (χ0) is 17.6. The summed E-state index contributed by atoms with van der Waals surface area (Å²) in [5.74, 6) is 1.29. The van der Waals surface area contributed by atoms with Crippen LogP contribution in [0.25, 0.3) is 11.6 Å². The van der Waals surface area contributed by atoms with Gasteiger partial charge < -0.3 is 23.7 Å². The third-order valence-corrected chi connectivity index (χ3v) is 3.50. The van der Waals surface area contributed by atoms with Crippen LogP contribution in [0.4, 0.5) is 0 Å². The highest BCUT2D eigenvalue weighted by molar-refractivity contribution is 6.25. The molecule has 0 N–H and O–H groups in total. The molecular weight excluding hydrogens is 324 g/mol. The van der Waals surface area contributed by atoms with Gasteiger partial charge in [0.25, 0.3) is 0 Å². The minimum Gasteiger partial charge on any atom is -0.467 e. The highest BCUT2D eigenvalue weighted by atomic mass is 16.7. The topological polar surface area (TPSA) is 63.2 Å². The summed E-state index contributed by atoms with van der Waals surface area (Å²) in [5, 5.41) is 0. The monoisotopic (exact) mass is 342 g/mol. The standard InChI is InChI=1S/C19H18O6/c1-21-11-23-14-7-13(8-15(10-14)24-12-22-2)9-17-16-5-3-4-6-18(16)25-19(17)20/h3-10H,11-12H2,1-2H3/b17-9-. The van der Waals surface area contributed by atoms with Gasteiger partial charge in [0, 0.05) is 25.8 Å². The first kappa shape index (κ1) is 17.0. The highest BCUT2D eigenvalue weighted by Crippen LogP contribution is 2.36. The van der Waals surface area contributed by atoms with E-state index in [0.717, 1.165) is 11.1 Å². The predicted octanol–water partition coefficient (Wildman–Crippen LogP) is 3.11. The number of hydrogen-bond donors (Lipinski definition) is 0. The average Bonchev–Trinajstić information content (AvgIpc) is 2.94. The second-order valence-corrected chi connectivity index (χ2v) is 5.28. The van der Waals surface area contributed by atoms with E-state index in [1.165, 1.54) is 0 Å². The summed E-state index contributed by atoms with van der Waals surface area (Å²) in [6.45, 7) is 0.212. The van der Waals surface area contributed by atoms with Crippen LogP contribution in [-0.4, -0.2) is 33.8 Å². The Balaban J connectivity index is 1.96. The fourth-order valence-corrected chi connectivity index (χ4v) is 2.44. The minimum absolute atomic E-state index is 0.106. The van der Waals surface area contributed by atoms with Crippen LogP contribution in [0.5, 0.6) is 17.2 Å². The van der Waals surface area contributed by atoms with Crippen molar-refractivity contribution in [3.8, 4) is 17.2 Å². The Hall–Kier alpha value is -2.83. The lowest BCUT2D eigenvalue weighted by molar-refractivity contribution is -0.126. The van der Waals surface area contributed by atoms with Gasteiger partial charge in [0.05, 0.1) is 5.57 Å². The van der Waals surface area contributed by atoms with E-state index in [0.29, 0.717) is 22.8 Å². The second kappa shape index (κ2) is 7.83. The molecule has 0 saturated carbocycles. The number of benzene rings is 2. The molecule has 1 aliphatic rings. The first-order valence-corrected chi connectivity index (χ1v) is 7.63. The van der Waals surface area contributed by atoms with Crippen molar-refractivity contribution in [3.63, 3.8) is 0 Å². The van der Waals surface area contributed by atoms with Crippen LogP contribution >= 0.6 is 0 Å². The van der Waals surface area contributed by atoms with E-state index in [-0.39, 0.29) is 19.6 Å². The maximum Gasteiger partial charge on any atom is 0.344 e. The Kier molecular flexibility index (Phi) is 5.33. The third kappa shape index (κ3) is 3.99. The molecule has 1 heterocycles. The third-order valence-electron chi connectivity index (χ3n) is 3.50. The normalized spacial score (nSPS) is 14.3. The fraction of sp³-hybridized carbons (Fsp3) is 0.211. The van der Waals surface area contributed by atoms with E-state index in [4.69, 9.17) is 23.7 Å². The van der Waals surface area contributed by atoms with Crippen LogP contribution in [-0.2, 0) is 14.3 Å². The maximum absolute atomic E-state index is 12.2. The van der Waals surface area contributed by atoms with Crippen molar-refractivity contribution in [2.45, 2.75) is 0 Å². The van der Waals surface area contributed by atoms with Crippen LogP contribution in [0.3, 0.4) is 0 Å². The number of rotatable bonds is 7. The molecule has 1 aliphatic heterocycles. The zero-order valence-electron chi connectivity index (χ0n) is 14.0. The van der Waals surface area contributed by atoms with Crippen molar-refractivity contribution in [1.82, 2.24) is 0 Å². The van der Waals surface area contributed by atoms with Crippen molar-refractivity contribution in [1.29, 1.82) is 0 Å². The number of esters is 1. The largest absolute Gasteiger partial charge is 0.467 e. The van der Waals surface area contributed by atoms with Gasteiger partial charge in [0.15, 0.2) is 13.6 Å². The van der Waals surface area contributed by atoms with Crippen LogP contribution in [0.1, 0.15) is 11.1 Å². The number of methoxy groups -OCH3 is 2. The molecule has 0 unspecified atom stereocenters. The number of hydrogen-bond acceptors (Lipinski definition) is 6. The Morgan fingerprint density at radius 2 is 1.60 bits per heavy atom. The molecule has 6 nitrogen and oxygen atoms in total. The second-order valence-electron chi connectivity index (χ2n) is 5.28. The lowest BCUT2D eigenvalue weighted by Gasteiger charge is -2.10. The molecule has 6 heteroatoms. The molecule has 0 saturated heterocycles. The smallest absolute Gasteiger partial charge is 0.344 e. The molecule has 130 valence electrons. The minimum atomic E-state index is -0.385. The molecular formula is C19H18O6. The van der Waals surface area contributed by atoms with Gasteiger partial charge in [-0.05, 0) is 29.8 Å². The van der Waals surface area contributed by atoms with Crippen LogP contribution in [0.2, 0.25) is 0 Å². The van der Waals surface area contributed by atoms with E-state index in [1.54, 1.807) is 44.6 Å². The van der Waals surface area contributed by atoms with E-state index >= 15 is 0 Å². The maximum atomic E-state index is 12.2. The summed E-state index contributed by atoms with van der Waals surface area (Å²) in [7, 11) is 3.08. The molecule has 25 heavy (non-hydrogen) atoms. The lowest BCUT2D eigenvalue weighted by atomic mass is 10.0. The number of para-hydroxylation sites is 1. The average molecular weight is 342 g/mol. The van der Waals surface area contributed by atoms with Crippen LogP contribution < -0.4 is 14.2 Å². The number of carbonyl (C=O) groups excluding carboxylic acids is 1. The lowest BCUT2D eigenvalue weighted by Crippen LogP contribution is -2.03. The van der Waals surface area contributed by atoms with Crippen molar-refractivity contribution < 1.29 is 28.5 Å². The van der Waals surface area contributed by atoms with Crippen molar-refractivity contribution in [2.24, 2.45) is 0 Å². The first-order valence-electron chi connectivity index (χ1n) is 7.63. The van der Waals surface area contributed by atoms with Gasteiger partial charge in [0.1, 0.15) is 17.2 Å². The van der Waals surface area contributed by atoms with E-state index in [2.05, 4.69) is 0 Å². The summed E-state index contributed by atoms with van der Waals surface area (Å²) in [6.07, 6.45) is 1.74. The Morgan fingerprint density at radius 3 is 2.24 bits per heavy atom. The van der Waals surface area contributed by atoms with E-state index in [9.17, 15) is 4.79 Å². The molecule has 3 rings (SSSR count). The quantitative estimate of drug-likeness (QED) is 0.333.